The van der Waals surface area contributed by atoms with Crippen LogP contribution in [0.5, 0.6) is 0 Å². The smallest absolute Gasteiger partial charge is 0.261 e. The lowest BCUT2D eigenvalue weighted by atomic mass is 10.0. The Morgan fingerprint density at radius 1 is 1.38 bits per heavy atom. The molecular formula is C16H17N3O2. The number of anilines is 1. The van der Waals surface area contributed by atoms with Crippen molar-refractivity contribution in [3.05, 3.63) is 47.3 Å². The van der Waals surface area contributed by atoms with Crippen LogP contribution in [0.25, 0.3) is 0 Å². The summed E-state index contributed by atoms with van der Waals surface area (Å²) in [5.74, 6) is 0.292. The molecule has 5 nitrogen and oxygen atoms in total. The van der Waals surface area contributed by atoms with E-state index in [1.807, 2.05) is 23.1 Å². The lowest BCUT2D eigenvalue weighted by molar-refractivity contribution is 0.0988. The molecule has 2 aromatic rings. The Kier molecular flexibility index (Phi) is 3.00. The van der Waals surface area contributed by atoms with E-state index in [0.717, 1.165) is 37.4 Å². The minimum atomic E-state index is 0.0376. The number of hydrogen-bond acceptors (Lipinski definition) is 3. The summed E-state index contributed by atoms with van der Waals surface area (Å²) in [5.41, 5.74) is 3.86. The lowest BCUT2D eigenvalue weighted by Gasteiger charge is -2.18. The maximum atomic E-state index is 12.9. The summed E-state index contributed by atoms with van der Waals surface area (Å²) in [7, 11) is 0. The van der Waals surface area contributed by atoms with E-state index in [1.54, 1.807) is 6.20 Å². The number of rotatable bonds is 2. The van der Waals surface area contributed by atoms with Crippen LogP contribution in [0.1, 0.15) is 34.0 Å². The molecule has 0 saturated carbocycles. The molecule has 1 amide bonds. The van der Waals surface area contributed by atoms with Crippen LogP contribution in [0.4, 0.5) is 5.69 Å². The Balaban J connectivity index is 1.66. The molecule has 0 radical (unpaired) electrons. The fourth-order valence-corrected chi connectivity index (χ4v) is 3.23. The first-order valence-electron chi connectivity index (χ1n) is 7.35. The zero-order chi connectivity index (χ0) is 14.2. The van der Waals surface area contributed by atoms with Gasteiger partial charge in [0.05, 0.1) is 24.1 Å². The van der Waals surface area contributed by atoms with Crippen LogP contribution in [0.15, 0.2) is 30.5 Å². The van der Waals surface area contributed by atoms with Gasteiger partial charge < -0.3 is 9.64 Å². The molecular weight excluding hydrogens is 266 g/mol. The minimum Gasteiger partial charge on any atom is -0.381 e. The highest BCUT2D eigenvalue weighted by molar-refractivity contribution is 6.07. The molecule has 0 spiro atoms. The molecule has 3 heterocycles. The molecule has 21 heavy (non-hydrogen) atoms. The Morgan fingerprint density at radius 2 is 2.29 bits per heavy atom. The molecule has 5 heteroatoms. The van der Waals surface area contributed by atoms with Gasteiger partial charge in [-0.1, -0.05) is 18.2 Å². The zero-order valence-corrected chi connectivity index (χ0v) is 11.7. The molecule has 2 aliphatic rings. The summed E-state index contributed by atoms with van der Waals surface area (Å²) in [6.07, 6.45) is 3.51. The van der Waals surface area contributed by atoms with Crippen molar-refractivity contribution in [2.45, 2.75) is 18.8 Å². The van der Waals surface area contributed by atoms with Gasteiger partial charge in [-0.2, -0.15) is 5.10 Å². The van der Waals surface area contributed by atoms with Crippen molar-refractivity contribution in [1.82, 2.24) is 10.2 Å². The lowest BCUT2D eigenvalue weighted by Crippen LogP contribution is -2.29. The highest BCUT2D eigenvalue weighted by atomic mass is 16.5. The zero-order valence-electron chi connectivity index (χ0n) is 11.7. The number of carbonyl (C=O) groups excluding carboxylic acids is 1. The summed E-state index contributed by atoms with van der Waals surface area (Å²) >= 11 is 0. The second-order valence-corrected chi connectivity index (χ2v) is 5.59. The van der Waals surface area contributed by atoms with Crippen LogP contribution in [-0.4, -0.2) is 35.9 Å². The summed E-state index contributed by atoms with van der Waals surface area (Å²) in [4.78, 5) is 14.7. The third-order valence-electron chi connectivity index (χ3n) is 4.37. The van der Waals surface area contributed by atoms with E-state index in [1.165, 1.54) is 5.56 Å². The van der Waals surface area contributed by atoms with Gasteiger partial charge in [-0.15, -0.1) is 0 Å². The standard InChI is InChI=1S/C16H17N3O2/c20-16(19-7-5-11-3-1-2-4-14(11)19)13-9-17-18-15(13)12-6-8-21-10-12/h1-4,9,12H,5-8,10H2,(H,17,18). The molecule has 4 rings (SSSR count). The molecule has 0 aliphatic carbocycles. The highest BCUT2D eigenvalue weighted by Gasteiger charge is 2.30. The molecule has 1 unspecified atom stereocenters. The van der Waals surface area contributed by atoms with Crippen molar-refractivity contribution >= 4 is 11.6 Å². The van der Waals surface area contributed by atoms with Crippen molar-refractivity contribution in [3.8, 4) is 0 Å². The van der Waals surface area contributed by atoms with Gasteiger partial charge in [0, 0.05) is 24.8 Å². The Bertz CT molecular complexity index is 674. The summed E-state index contributed by atoms with van der Waals surface area (Å²) in [5, 5.41) is 7.09. The molecule has 0 bridgehead atoms. The molecule has 1 aromatic heterocycles. The van der Waals surface area contributed by atoms with Crippen LogP contribution in [-0.2, 0) is 11.2 Å². The number of aromatic amines is 1. The predicted octanol–water partition coefficient (Wildman–Crippen LogP) is 2.12. The van der Waals surface area contributed by atoms with Crippen LogP contribution in [0, 0.1) is 0 Å². The number of H-pyrrole nitrogens is 1. The van der Waals surface area contributed by atoms with Crippen molar-refractivity contribution in [1.29, 1.82) is 0 Å². The first-order valence-corrected chi connectivity index (χ1v) is 7.35. The maximum Gasteiger partial charge on any atom is 0.261 e. The fourth-order valence-electron chi connectivity index (χ4n) is 3.23. The number of aromatic nitrogens is 2. The van der Waals surface area contributed by atoms with Crippen LogP contribution in [0.2, 0.25) is 0 Å². The van der Waals surface area contributed by atoms with Crippen LogP contribution >= 0.6 is 0 Å². The van der Waals surface area contributed by atoms with Gasteiger partial charge >= 0.3 is 0 Å². The van der Waals surface area contributed by atoms with Gasteiger partial charge in [0.1, 0.15) is 0 Å². The Hall–Kier alpha value is -2.14. The molecule has 1 fully saturated rings. The monoisotopic (exact) mass is 283 g/mol. The number of carbonyl (C=O) groups is 1. The number of amides is 1. The number of para-hydroxylation sites is 1. The highest BCUT2D eigenvalue weighted by Crippen LogP contribution is 2.31. The number of nitrogens with one attached hydrogen (secondary N) is 1. The number of benzene rings is 1. The SMILES string of the molecule is O=C(c1cn[nH]c1C1CCOC1)N1CCc2ccccc21. The van der Waals surface area contributed by atoms with Crippen molar-refractivity contribution in [3.63, 3.8) is 0 Å². The molecule has 2 aliphatic heterocycles. The van der Waals surface area contributed by atoms with Gasteiger partial charge in [-0.05, 0) is 24.5 Å². The maximum absolute atomic E-state index is 12.9. The Labute approximate surface area is 122 Å². The molecule has 108 valence electrons. The van der Waals surface area contributed by atoms with Crippen LogP contribution in [0.3, 0.4) is 0 Å². The average Bonchev–Trinajstić information content (AvgIpc) is 3.25. The third-order valence-corrected chi connectivity index (χ3v) is 4.37. The number of fused-ring (bicyclic) bond motifs is 1. The third kappa shape index (κ3) is 2.05. The van der Waals surface area contributed by atoms with E-state index in [4.69, 9.17) is 4.74 Å². The van der Waals surface area contributed by atoms with E-state index in [2.05, 4.69) is 16.3 Å². The predicted molar refractivity (Wildman–Crippen MR) is 78.6 cm³/mol. The molecule has 1 N–H and O–H groups in total. The van der Waals surface area contributed by atoms with E-state index in [0.29, 0.717) is 12.2 Å². The molecule has 1 saturated heterocycles. The van der Waals surface area contributed by atoms with Crippen molar-refractivity contribution in [2.75, 3.05) is 24.7 Å². The van der Waals surface area contributed by atoms with Crippen molar-refractivity contribution < 1.29 is 9.53 Å². The Morgan fingerprint density at radius 3 is 3.14 bits per heavy atom. The van der Waals surface area contributed by atoms with E-state index >= 15 is 0 Å². The van der Waals surface area contributed by atoms with Gasteiger partial charge in [-0.25, -0.2) is 0 Å². The second kappa shape index (κ2) is 5.00. The van der Waals surface area contributed by atoms with Crippen molar-refractivity contribution in [2.24, 2.45) is 0 Å². The van der Waals surface area contributed by atoms with E-state index in [9.17, 15) is 4.79 Å². The van der Waals surface area contributed by atoms with Gasteiger partial charge in [-0.3, -0.25) is 9.89 Å². The summed E-state index contributed by atoms with van der Waals surface area (Å²) < 4.78 is 5.42. The van der Waals surface area contributed by atoms with E-state index in [-0.39, 0.29) is 11.8 Å². The normalized spacial score (nSPS) is 20.8. The first kappa shape index (κ1) is 12.6. The van der Waals surface area contributed by atoms with E-state index < -0.39 is 0 Å². The van der Waals surface area contributed by atoms with Gasteiger partial charge in [0.2, 0.25) is 0 Å². The van der Waals surface area contributed by atoms with Crippen LogP contribution < -0.4 is 4.90 Å². The van der Waals surface area contributed by atoms with Gasteiger partial charge in [0.15, 0.2) is 0 Å². The number of nitrogens with zero attached hydrogens (tertiary/aromatic N) is 2. The molecule has 1 aromatic carbocycles. The minimum absolute atomic E-state index is 0.0376. The topological polar surface area (TPSA) is 58.2 Å². The van der Waals surface area contributed by atoms with Gasteiger partial charge in [0.25, 0.3) is 5.91 Å². The fraction of sp³-hybridized carbons (Fsp3) is 0.375. The quantitative estimate of drug-likeness (QED) is 0.918. The summed E-state index contributed by atoms with van der Waals surface area (Å²) in [6.45, 7) is 2.16. The first-order chi connectivity index (χ1) is 10.3. The average molecular weight is 283 g/mol. The number of ether oxygens (including phenoxy) is 1. The number of hydrogen-bond donors (Lipinski definition) is 1. The summed E-state index contributed by atoms with van der Waals surface area (Å²) in [6, 6.07) is 8.10. The second-order valence-electron chi connectivity index (χ2n) is 5.59. The largest absolute Gasteiger partial charge is 0.381 e. The molecule has 1 atom stereocenters.